The van der Waals surface area contributed by atoms with Gasteiger partial charge in [-0.1, -0.05) is 11.6 Å². The molecule has 1 aromatic carbocycles. The van der Waals surface area contributed by atoms with Crippen LogP contribution >= 0.6 is 22.9 Å². The number of methoxy groups -OCH3 is 2. The second kappa shape index (κ2) is 8.68. The van der Waals surface area contributed by atoms with Gasteiger partial charge in [-0.2, -0.15) is 5.10 Å². The number of carbonyl (C=O) groups is 1. The highest BCUT2D eigenvalue weighted by molar-refractivity contribution is 7.13. The van der Waals surface area contributed by atoms with Gasteiger partial charge in [-0.25, -0.2) is 9.78 Å². The van der Waals surface area contributed by atoms with E-state index < -0.39 is 12.1 Å². The number of hydrogen-bond acceptors (Lipinski definition) is 8. The lowest BCUT2D eigenvalue weighted by Gasteiger charge is -2.16. The number of nitrogens with zero attached hydrogens (tertiary/aromatic N) is 2. The SMILES string of the molecule is COC(=O)C(C)Oc1c(Cl)cc(C=NNc2nc(C)cs2)cc1OC. The summed E-state index contributed by atoms with van der Waals surface area (Å²) >= 11 is 7.71. The summed E-state index contributed by atoms with van der Waals surface area (Å²) in [6.07, 6.45) is 0.768. The zero-order chi connectivity index (χ0) is 18.4. The van der Waals surface area contributed by atoms with Crippen molar-refractivity contribution in [3.63, 3.8) is 0 Å². The zero-order valence-electron chi connectivity index (χ0n) is 14.2. The highest BCUT2D eigenvalue weighted by atomic mass is 35.5. The van der Waals surface area contributed by atoms with Crippen molar-refractivity contribution in [1.82, 2.24) is 4.98 Å². The number of aromatic nitrogens is 1. The molecular weight excluding hydrogens is 366 g/mol. The van der Waals surface area contributed by atoms with E-state index in [0.29, 0.717) is 21.5 Å². The summed E-state index contributed by atoms with van der Waals surface area (Å²) in [5.74, 6) is 0.143. The molecule has 0 saturated heterocycles. The molecule has 0 fully saturated rings. The average Bonchev–Trinajstić information content (AvgIpc) is 3.01. The van der Waals surface area contributed by atoms with Crippen molar-refractivity contribution < 1.29 is 19.0 Å². The van der Waals surface area contributed by atoms with Crippen LogP contribution in [0.15, 0.2) is 22.6 Å². The fraction of sp³-hybridized carbons (Fsp3) is 0.312. The maximum Gasteiger partial charge on any atom is 0.346 e. The van der Waals surface area contributed by atoms with E-state index in [2.05, 4.69) is 20.2 Å². The summed E-state index contributed by atoms with van der Waals surface area (Å²) < 4.78 is 15.5. The molecule has 0 aliphatic heterocycles. The fourth-order valence-electron chi connectivity index (χ4n) is 1.89. The summed E-state index contributed by atoms with van der Waals surface area (Å²) in [4.78, 5) is 15.7. The van der Waals surface area contributed by atoms with Gasteiger partial charge in [0.15, 0.2) is 17.6 Å². The lowest BCUT2D eigenvalue weighted by Crippen LogP contribution is -2.25. The quantitative estimate of drug-likeness (QED) is 0.447. The number of hydrazone groups is 1. The number of aryl methyl sites for hydroxylation is 1. The van der Waals surface area contributed by atoms with Gasteiger partial charge in [-0.15, -0.1) is 11.3 Å². The number of rotatable bonds is 7. The van der Waals surface area contributed by atoms with Gasteiger partial charge in [0.2, 0.25) is 5.13 Å². The maximum atomic E-state index is 11.5. The van der Waals surface area contributed by atoms with Crippen molar-refractivity contribution in [2.75, 3.05) is 19.6 Å². The molecule has 0 spiro atoms. The second-order valence-electron chi connectivity index (χ2n) is 4.98. The molecule has 1 aromatic heterocycles. The third-order valence-electron chi connectivity index (χ3n) is 3.07. The van der Waals surface area contributed by atoms with Gasteiger partial charge in [0.05, 0.1) is 31.2 Å². The van der Waals surface area contributed by atoms with Gasteiger partial charge in [-0.3, -0.25) is 5.43 Å². The Morgan fingerprint density at radius 2 is 2.20 bits per heavy atom. The predicted molar refractivity (Wildman–Crippen MR) is 98.2 cm³/mol. The van der Waals surface area contributed by atoms with Crippen LogP contribution in [0, 0.1) is 6.92 Å². The molecule has 1 atom stereocenters. The van der Waals surface area contributed by atoms with E-state index in [9.17, 15) is 4.79 Å². The van der Waals surface area contributed by atoms with Crippen LogP contribution in [0.4, 0.5) is 5.13 Å². The molecule has 0 aliphatic rings. The Morgan fingerprint density at radius 3 is 2.80 bits per heavy atom. The van der Waals surface area contributed by atoms with Gasteiger partial charge in [-0.05, 0) is 31.5 Å². The van der Waals surface area contributed by atoms with E-state index in [0.717, 1.165) is 5.69 Å². The van der Waals surface area contributed by atoms with Crippen molar-refractivity contribution in [3.8, 4) is 11.5 Å². The standard InChI is InChI=1S/C16H18ClN3O4S/c1-9-8-25-16(19-9)20-18-7-11-5-12(17)14(13(6-11)22-3)24-10(2)15(21)23-4/h5-8,10H,1-4H3,(H,19,20). The predicted octanol–water partition coefficient (Wildman–Crippen LogP) is 3.50. The minimum atomic E-state index is -0.814. The average molecular weight is 384 g/mol. The molecule has 7 nitrogen and oxygen atoms in total. The van der Waals surface area contributed by atoms with Crippen LogP contribution < -0.4 is 14.9 Å². The topological polar surface area (TPSA) is 82.0 Å². The molecule has 0 saturated carbocycles. The minimum Gasteiger partial charge on any atom is -0.493 e. The van der Waals surface area contributed by atoms with Crippen LogP contribution in [0.5, 0.6) is 11.5 Å². The number of anilines is 1. The van der Waals surface area contributed by atoms with Crippen LogP contribution in [0.3, 0.4) is 0 Å². The second-order valence-corrected chi connectivity index (χ2v) is 6.25. The highest BCUT2D eigenvalue weighted by Gasteiger charge is 2.20. The summed E-state index contributed by atoms with van der Waals surface area (Å²) in [5, 5.41) is 7.03. The van der Waals surface area contributed by atoms with Crippen molar-refractivity contribution in [2.24, 2.45) is 5.10 Å². The molecule has 1 heterocycles. The first-order valence-corrected chi connectivity index (χ1v) is 8.53. The van der Waals surface area contributed by atoms with Gasteiger partial charge in [0.1, 0.15) is 0 Å². The normalized spacial score (nSPS) is 12.0. The van der Waals surface area contributed by atoms with E-state index in [1.807, 2.05) is 12.3 Å². The Hall–Kier alpha value is -2.32. The fourth-order valence-corrected chi connectivity index (χ4v) is 2.79. The van der Waals surface area contributed by atoms with Crippen LogP contribution in [0.25, 0.3) is 0 Å². The summed E-state index contributed by atoms with van der Waals surface area (Å²) in [6, 6.07) is 3.35. The van der Waals surface area contributed by atoms with E-state index in [1.165, 1.54) is 25.6 Å². The molecule has 0 aliphatic carbocycles. The molecule has 1 N–H and O–H groups in total. The number of esters is 1. The lowest BCUT2D eigenvalue weighted by atomic mass is 10.2. The van der Waals surface area contributed by atoms with Gasteiger partial charge in [0.25, 0.3) is 0 Å². The van der Waals surface area contributed by atoms with Crippen LogP contribution in [0.2, 0.25) is 5.02 Å². The number of nitrogens with one attached hydrogen (secondary N) is 1. The maximum absolute atomic E-state index is 11.5. The van der Waals surface area contributed by atoms with Gasteiger partial charge >= 0.3 is 5.97 Å². The first kappa shape index (κ1) is 19.0. The Labute approximate surface area is 154 Å². The van der Waals surface area contributed by atoms with E-state index in [4.69, 9.17) is 21.1 Å². The first-order chi connectivity index (χ1) is 11.9. The molecular formula is C16H18ClN3O4S. The molecule has 0 bridgehead atoms. The summed E-state index contributed by atoms with van der Waals surface area (Å²) in [7, 11) is 2.77. The molecule has 2 rings (SSSR count). The molecule has 1 unspecified atom stereocenters. The molecule has 0 radical (unpaired) electrons. The molecule has 0 amide bonds. The lowest BCUT2D eigenvalue weighted by molar-refractivity contribution is -0.147. The van der Waals surface area contributed by atoms with Crippen molar-refractivity contribution >= 4 is 40.3 Å². The van der Waals surface area contributed by atoms with Crippen molar-refractivity contribution in [2.45, 2.75) is 20.0 Å². The monoisotopic (exact) mass is 383 g/mol. The smallest absolute Gasteiger partial charge is 0.346 e. The summed E-state index contributed by atoms with van der Waals surface area (Å²) in [6.45, 7) is 3.47. The van der Waals surface area contributed by atoms with Crippen molar-refractivity contribution in [1.29, 1.82) is 0 Å². The first-order valence-electron chi connectivity index (χ1n) is 7.27. The number of benzene rings is 1. The number of carbonyl (C=O) groups excluding carboxylic acids is 1. The molecule has 25 heavy (non-hydrogen) atoms. The van der Waals surface area contributed by atoms with Crippen LogP contribution in [0.1, 0.15) is 18.2 Å². The van der Waals surface area contributed by atoms with E-state index in [-0.39, 0.29) is 5.75 Å². The third kappa shape index (κ3) is 5.07. The Bertz CT molecular complexity index is 779. The molecule has 134 valence electrons. The Balaban J connectivity index is 2.16. The Morgan fingerprint density at radius 1 is 1.44 bits per heavy atom. The molecule has 2 aromatic rings. The highest BCUT2D eigenvalue weighted by Crippen LogP contribution is 2.36. The number of hydrogen-bond donors (Lipinski definition) is 1. The largest absolute Gasteiger partial charge is 0.493 e. The van der Waals surface area contributed by atoms with E-state index in [1.54, 1.807) is 25.3 Å². The van der Waals surface area contributed by atoms with Crippen molar-refractivity contribution in [3.05, 3.63) is 33.8 Å². The minimum absolute atomic E-state index is 0.266. The number of halogens is 1. The number of ether oxygens (including phenoxy) is 3. The zero-order valence-corrected chi connectivity index (χ0v) is 15.8. The summed E-state index contributed by atoms with van der Waals surface area (Å²) in [5.41, 5.74) is 4.46. The third-order valence-corrected chi connectivity index (χ3v) is 4.22. The van der Waals surface area contributed by atoms with E-state index >= 15 is 0 Å². The van der Waals surface area contributed by atoms with Gasteiger partial charge < -0.3 is 14.2 Å². The van der Waals surface area contributed by atoms with Crippen LogP contribution in [-0.4, -0.2) is 37.5 Å². The molecule has 9 heteroatoms. The van der Waals surface area contributed by atoms with Gasteiger partial charge in [0, 0.05) is 5.38 Å². The number of thiazole rings is 1. The Kier molecular flexibility index (Phi) is 6.60. The van der Waals surface area contributed by atoms with Crippen LogP contribution in [-0.2, 0) is 9.53 Å².